The van der Waals surface area contributed by atoms with Gasteiger partial charge in [-0.25, -0.2) is 4.98 Å². The second kappa shape index (κ2) is 4.77. The number of fused-ring (bicyclic) bond motifs is 3. The quantitative estimate of drug-likeness (QED) is 0.733. The predicted molar refractivity (Wildman–Crippen MR) is 83.2 cm³/mol. The van der Waals surface area contributed by atoms with Crippen molar-refractivity contribution in [2.45, 2.75) is 11.1 Å². The highest BCUT2D eigenvalue weighted by atomic mass is 32.2. The minimum atomic E-state index is -0.101. The van der Waals surface area contributed by atoms with Crippen LogP contribution in [0.3, 0.4) is 0 Å². The Bertz CT molecular complexity index is 816. The fraction of sp³-hybridized carbons (Fsp3) is 0.133. The number of benzene rings is 2. The van der Waals surface area contributed by atoms with E-state index in [9.17, 15) is 5.21 Å². The molecule has 0 amide bonds. The van der Waals surface area contributed by atoms with Gasteiger partial charge < -0.3 is 15.0 Å². The molecule has 106 valence electrons. The number of hydrogen-bond acceptors (Lipinski definition) is 5. The van der Waals surface area contributed by atoms with Crippen molar-refractivity contribution in [1.82, 2.24) is 9.55 Å². The van der Waals surface area contributed by atoms with Gasteiger partial charge in [-0.3, -0.25) is 5.21 Å². The van der Waals surface area contributed by atoms with E-state index in [-0.39, 0.29) is 16.3 Å². The first-order valence-electron chi connectivity index (χ1n) is 6.57. The van der Waals surface area contributed by atoms with E-state index >= 15 is 0 Å². The molecule has 5 nitrogen and oxygen atoms in total. The van der Waals surface area contributed by atoms with Gasteiger partial charge in [-0.1, -0.05) is 24.3 Å². The molecule has 1 aliphatic rings. The Balaban J connectivity index is 1.85. The van der Waals surface area contributed by atoms with Crippen molar-refractivity contribution in [2.75, 3.05) is 5.23 Å². The lowest BCUT2D eigenvalue weighted by Crippen LogP contribution is -2.09. The molecule has 3 aromatic rings. The van der Waals surface area contributed by atoms with E-state index in [1.807, 2.05) is 24.3 Å². The van der Waals surface area contributed by atoms with Gasteiger partial charge in [-0.2, -0.15) is 0 Å². The molecule has 0 bridgehead atoms. The summed E-state index contributed by atoms with van der Waals surface area (Å²) in [6.07, 6.45) is 0. The molecular weight excluding hydrogens is 286 g/mol. The highest BCUT2D eigenvalue weighted by Crippen LogP contribution is 2.43. The number of anilines is 1. The van der Waals surface area contributed by atoms with E-state index in [2.05, 4.69) is 15.6 Å². The number of rotatable bonds is 2. The summed E-state index contributed by atoms with van der Waals surface area (Å²) in [6.45, 7) is 0. The molecule has 1 aromatic heterocycles. The zero-order valence-electron chi connectivity index (χ0n) is 11.0. The SMILES string of the molecule is [O-]N(O)c1cccc(C2SCc3nc4ccccc4n32)c1. The van der Waals surface area contributed by atoms with Crippen molar-refractivity contribution in [3.8, 4) is 0 Å². The van der Waals surface area contributed by atoms with Gasteiger partial charge in [0.15, 0.2) is 0 Å². The van der Waals surface area contributed by atoms with Gasteiger partial charge in [0.2, 0.25) is 0 Å². The monoisotopic (exact) mass is 298 g/mol. The third kappa shape index (κ3) is 1.99. The number of hydrogen-bond donors (Lipinski definition) is 1. The molecule has 0 fully saturated rings. The molecular formula is C15H12N3O2S-. The minimum absolute atomic E-state index is 0.0762. The van der Waals surface area contributed by atoms with Crippen LogP contribution in [0.5, 0.6) is 0 Å². The molecule has 1 N–H and O–H groups in total. The molecule has 0 aliphatic carbocycles. The second-order valence-electron chi connectivity index (χ2n) is 4.92. The standard InChI is InChI=1S/C15H12N3O2S/c19-18(20)11-5-3-4-10(8-11)15-17-13-7-2-1-6-12(13)16-14(17)9-21-15/h1-8,15,19H,9H2/q-1. The van der Waals surface area contributed by atoms with E-state index in [4.69, 9.17) is 5.21 Å². The number of nitrogens with zero attached hydrogens (tertiary/aromatic N) is 3. The summed E-state index contributed by atoms with van der Waals surface area (Å²) in [5, 5.41) is 20.1. The molecule has 1 atom stereocenters. The first-order valence-corrected chi connectivity index (χ1v) is 7.62. The lowest BCUT2D eigenvalue weighted by Gasteiger charge is -2.23. The Kier molecular flexibility index (Phi) is 2.88. The summed E-state index contributed by atoms with van der Waals surface area (Å²) in [7, 11) is 0. The third-order valence-electron chi connectivity index (χ3n) is 3.65. The van der Waals surface area contributed by atoms with Crippen molar-refractivity contribution in [2.24, 2.45) is 0 Å². The summed E-state index contributed by atoms with van der Waals surface area (Å²) in [4.78, 5) is 4.65. The first-order chi connectivity index (χ1) is 10.2. The Morgan fingerprint density at radius 2 is 2.10 bits per heavy atom. The Labute approximate surface area is 125 Å². The van der Waals surface area contributed by atoms with Crippen LogP contribution in [-0.4, -0.2) is 14.8 Å². The molecule has 21 heavy (non-hydrogen) atoms. The van der Waals surface area contributed by atoms with Gasteiger partial charge in [0, 0.05) is 0 Å². The normalized spacial score (nSPS) is 17.1. The van der Waals surface area contributed by atoms with E-state index in [1.54, 1.807) is 30.0 Å². The average Bonchev–Trinajstić information content (AvgIpc) is 3.06. The zero-order valence-corrected chi connectivity index (χ0v) is 11.8. The largest absolute Gasteiger partial charge is 0.733 e. The van der Waals surface area contributed by atoms with Crippen molar-refractivity contribution in [1.29, 1.82) is 0 Å². The van der Waals surface area contributed by atoms with Crippen LogP contribution in [0, 0.1) is 5.21 Å². The Hall–Kier alpha value is -2.02. The fourth-order valence-corrected chi connectivity index (χ4v) is 3.96. The third-order valence-corrected chi connectivity index (χ3v) is 4.87. The summed E-state index contributed by atoms with van der Waals surface area (Å²) < 4.78 is 2.20. The van der Waals surface area contributed by atoms with Crippen molar-refractivity contribution in [3.63, 3.8) is 0 Å². The van der Waals surface area contributed by atoms with E-state index in [1.165, 1.54) is 0 Å². The van der Waals surface area contributed by atoms with Crippen LogP contribution in [0.2, 0.25) is 0 Å². The molecule has 1 aliphatic heterocycles. The summed E-state index contributed by atoms with van der Waals surface area (Å²) in [5.41, 5.74) is 3.30. The van der Waals surface area contributed by atoms with Crippen LogP contribution < -0.4 is 5.23 Å². The van der Waals surface area contributed by atoms with Gasteiger partial charge >= 0.3 is 0 Å². The Morgan fingerprint density at radius 3 is 2.95 bits per heavy atom. The van der Waals surface area contributed by atoms with Crippen LogP contribution in [0.4, 0.5) is 5.69 Å². The van der Waals surface area contributed by atoms with Crippen LogP contribution in [0.15, 0.2) is 48.5 Å². The number of aromatic nitrogens is 2. The van der Waals surface area contributed by atoms with Crippen LogP contribution in [-0.2, 0) is 5.75 Å². The number of thioether (sulfide) groups is 1. The van der Waals surface area contributed by atoms with Crippen molar-refractivity contribution in [3.05, 3.63) is 65.1 Å². The first kappa shape index (κ1) is 12.7. The number of imidazole rings is 1. The molecule has 2 heterocycles. The second-order valence-corrected chi connectivity index (χ2v) is 5.99. The molecule has 0 saturated heterocycles. The summed E-state index contributed by atoms with van der Waals surface area (Å²) >= 11 is 1.76. The minimum Gasteiger partial charge on any atom is -0.733 e. The molecule has 1 unspecified atom stereocenters. The van der Waals surface area contributed by atoms with Crippen molar-refractivity contribution < 1.29 is 5.21 Å². The summed E-state index contributed by atoms with van der Waals surface area (Å²) in [6, 6.07) is 15.1. The van der Waals surface area contributed by atoms with E-state index < -0.39 is 0 Å². The highest BCUT2D eigenvalue weighted by Gasteiger charge is 2.27. The average molecular weight is 298 g/mol. The highest BCUT2D eigenvalue weighted by molar-refractivity contribution is 7.99. The van der Waals surface area contributed by atoms with Crippen LogP contribution in [0.25, 0.3) is 11.0 Å². The Morgan fingerprint density at radius 1 is 1.24 bits per heavy atom. The molecule has 0 radical (unpaired) electrons. The van der Waals surface area contributed by atoms with Gasteiger partial charge in [-0.05, 0) is 29.8 Å². The maximum atomic E-state index is 11.1. The summed E-state index contributed by atoms with van der Waals surface area (Å²) in [5.74, 6) is 1.88. The zero-order chi connectivity index (χ0) is 14.4. The van der Waals surface area contributed by atoms with E-state index in [0.717, 1.165) is 28.2 Å². The van der Waals surface area contributed by atoms with Gasteiger partial charge in [-0.15, -0.1) is 11.8 Å². The fourth-order valence-electron chi connectivity index (χ4n) is 2.73. The lowest BCUT2D eigenvalue weighted by atomic mass is 10.2. The molecule has 4 rings (SSSR count). The smallest absolute Gasteiger partial charge is 0.121 e. The lowest BCUT2D eigenvalue weighted by molar-refractivity contribution is 0.296. The number of para-hydroxylation sites is 2. The molecule has 2 aromatic carbocycles. The van der Waals surface area contributed by atoms with Crippen LogP contribution in [0.1, 0.15) is 16.8 Å². The van der Waals surface area contributed by atoms with Crippen LogP contribution >= 0.6 is 11.8 Å². The molecule has 0 spiro atoms. The van der Waals surface area contributed by atoms with Gasteiger partial charge in [0.05, 0.1) is 22.5 Å². The van der Waals surface area contributed by atoms with Crippen molar-refractivity contribution >= 4 is 28.5 Å². The topological polar surface area (TPSA) is 64.3 Å². The predicted octanol–water partition coefficient (Wildman–Crippen LogP) is 3.52. The van der Waals surface area contributed by atoms with E-state index in [0.29, 0.717) is 0 Å². The molecule has 0 saturated carbocycles. The van der Waals surface area contributed by atoms with Gasteiger partial charge in [0.25, 0.3) is 0 Å². The maximum Gasteiger partial charge on any atom is 0.121 e. The molecule has 6 heteroatoms. The maximum absolute atomic E-state index is 11.1. The van der Waals surface area contributed by atoms with Gasteiger partial charge in [0.1, 0.15) is 11.2 Å².